The van der Waals surface area contributed by atoms with Crippen LogP contribution in [0.5, 0.6) is 0 Å². The van der Waals surface area contributed by atoms with Crippen LogP contribution in [0.15, 0.2) is 22.8 Å². The Hall–Kier alpha value is -1.34. The Morgan fingerprint density at radius 1 is 1.64 bits per heavy atom. The highest BCUT2D eigenvalue weighted by Crippen LogP contribution is 2.10. The zero-order valence-electron chi connectivity index (χ0n) is 7.46. The van der Waals surface area contributed by atoms with Crippen molar-refractivity contribution in [3.63, 3.8) is 0 Å². The maximum atomic E-state index is 11.2. The van der Waals surface area contributed by atoms with Gasteiger partial charge in [0.05, 0.1) is 0 Å². The van der Waals surface area contributed by atoms with Crippen LogP contribution in [0.2, 0.25) is 0 Å². The largest absolute Gasteiger partial charge is 0.311 e. The predicted octanol–water partition coefficient (Wildman–Crippen LogP) is 2.20. The van der Waals surface area contributed by atoms with Crippen molar-refractivity contribution in [3.8, 4) is 12.3 Å². The molecule has 0 aromatic carbocycles. The highest BCUT2D eigenvalue weighted by molar-refractivity contribution is 9.10. The van der Waals surface area contributed by atoms with E-state index in [-0.39, 0.29) is 5.91 Å². The summed E-state index contributed by atoms with van der Waals surface area (Å²) in [5.74, 6) is 2.83. The van der Waals surface area contributed by atoms with Crippen molar-refractivity contribution in [2.45, 2.75) is 12.8 Å². The van der Waals surface area contributed by atoms with E-state index in [1.165, 1.54) is 0 Å². The lowest BCUT2D eigenvalue weighted by Gasteiger charge is -2.02. The third-order valence-corrected chi connectivity index (χ3v) is 1.96. The summed E-state index contributed by atoms with van der Waals surface area (Å²) < 4.78 is 0.874. The number of aromatic nitrogens is 1. The number of amides is 1. The third kappa shape index (κ3) is 3.58. The number of anilines is 1. The van der Waals surface area contributed by atoms with Crippen LogP contribution in [0.4, 0.5) is 5.82 Å². The number of terminal acetylenes is 1. The molecule has 0 saturated heterocycles. The van der Waals surface area contributed by atoms with Gasteiger partial charge in [-0.05, 0) is 28.1 Å². The number of hydrogen-bond acceptors (Lipinski definition) is 2. The van der Waals surface area contributed by atoms with Gasteiger partial charge in [0.15, 0.2) is 0 Å². The van der Waals surface area contributed by atoms with Gasteiger partial charge in [-0.1, -0.05) is 0 Å². The van der Waals surface area contributed by atoms with Gasteiger partial charge in [-0.3, -0.25) is 4.79 Å². The molecule has 0 saturated carbocycles. The molecule has 0 fully saturated rings. The lowest BCUT2D eigenvalue weighted by atomic mass is 10.3. The molecule has 0 aliphatic rings. The van der Waals surface area contributed by atoms with Crippen LogP contribution in [-0.4, -0.2) is 10.9 Å². The first-order valence-corrected chi connectivity index (χ1v) is 4.86. The van der Waals surface area contributed by atoms with Crippen LogP contribution in [0, 0.1) is 12.3 Å². The molecule has 1 aromatic rings. The molecule has 0 unspecified atom stereocenters. The van der Waals surface area contributed by atoms with E-state index in [2.05, 4.69) is 32.2 Å². The molecular formula is C10H9BrN2O. The topological polar surface area (TPSA) is 42.0 Å². The summed E-state index contributed by atoms with van der Waals surface area (Å²) in [4.78, 5) is 15.2. The number of nitrogens with one attached hydrogen (secondary N) is 1. The second-order valence-corrected chi connectivity index (χ2v) is 3.53. The van der Waals surface area contributed by atoms with E-state index < -0.39 is 0 Å². The van der Waals surface area contributed by atoms with E-state index in [4.69, 9.17) is 6.42 Å². The van der Waals surface area contributed by atoms with Gasteiger partial charge in [0.1, 0.15) is 5.82 Å². The molecule has 0 aliphatic heterocycles. The minimum absolute atomic E-state index is 0.113. The number of hydrogen-bond donors (Lipinski definition) is 1. The Morgan fingerprint density at radius 3 is 3.00 bits per heavy atom. The molecule has 0 atom stereocenters. The van der Waals surface area contributed by atoms with Crippen LogP contribution < -0.4 is 5.32 Å². The Bertz CT molecular complexity index is 353. The fourth-order valence-electron chi connectivity index (χ4n) is 0.841. The number of halogens is 1. The smallest absolute Gasteiger partial charge is 0.226 e. The zero-order valence-corrected chi connectivity index (χ0v) is 9.04. The number of nitrogens with zero attached hydrogens (tertiary/aromatic N) is 1. The third-order valence-electron chi connectivity index (χ3n) is 1.49. The van der Waals surface area contributed by atoms with E-state index in [0.29, 0.717) is 18.7 Å². The first-order valence-electron chi connectivity index (χ1n) is 4.07. The van der Waals surface area contributed by atoms with E-state index in [1.807, 2.05) is 6.07 Å². The van der Waals surface area contributed by atoms with Gasteiger partial charge < -0.3 is 5.32 Å². The Kier molecular flexibility index (Phi) is 4.14. The second-order valence-electron chi connectivity index (χ2n) is 2.61. The van der Waals surface area contributed by atoms with Crippen LogP contribution in [-0.2, 0) is 4.79 Å². The molecule has 1 N–H and O–H groups in total. The molecule has 72 valence electrons. The number of carbonyl (C=O) groups is 1. The fraction of sp³-hybridized carbons (Fsp3) is 0.200. The van der Waals surface area contributed by atoms with Crippen LogP contribution in [0.3, 0.4) is 0 Å². The maximum Gasteiger partial charge on any atom is 0.226 e. The van der Waals surface area contributed by atoms with Crippen molar-refractivity contribution in [2.24, 2.45) is 0 Å². The Balaban J connectivity index is 2.49. The lowest BCUT2D eigenvalue weighted by Crippen LogP contribution is -2.11. The van der Waals surface area contributed by atoms with Gasteiger partial charge >= 0.3 is 0 Å². The first kappa shape index (κ1) is 10.7. The molecular weight excluding hydrogens is 244 g/mol. The van der Waals surface area contributed by atoms with Crippen molar-refractivity contribution in [1.29, 1.82) is 0 Å². The molecule has 3 nitrogen and oxygen atoms in total. The van der Waals surface area contributed by atoms with Crippen molar-refractivity contribution in [2.75, 3.05) is 5.32 Å². The van der Waals surface area contributed by atoms with Crippen molar-refractivity contribution in [1.82, 2.24) is 4.98 Å². The minimum Gasteiger partial charge on any atom is -0.311 e. The van der Waals surface area contributed by atoms with Gasteiger partial charge in [-0.2, -0.15) is 0 Å². The standard InChI is InChI=1S/C10H9BrN2O/c1-2-3-4-10(14)13-9-6-5-8(11)7-12-9/h1,5-7H,3-4H2,(H,12,13,14). The highest BCUT2D eigenvalue weighted by atomic mass is 79.9. The van der Waals surface area contributed by atoms with Gasteiger partial charge in [-0.25, -0.2) is 4.98 Å². The van der Waals surface area contributed by atoms with Crippen LogP contribution >= 0.6 is 15.9 Å². The minimum atomic E-state index is -0.113. The summed E-state index contributed by atoms with van der Waals surface area (Å²) in [7, 11) is 0. The summed E-state index contributed by atoms with van der Waals surface area (Å²) in [6, 6.07) is 3.53. The Morgan fingerprint density at radius 2 is 2.43 bits per heavy atom. The monoisotopic (exact) mass is 252 g/mol. The van der Waals surface area contributed by atoms with Crippen molar-refractivity contribution >= 4 is 27.7 Å². The van der Waals surface area contributed by atoms with E-state index in [0.717, 1.165) is 4.47 Å². The average Bonchev–Trinajstić information content (AvgIpc) is 2.18. The van der Waals surface area contributed by atoms with Crippen LogP contribution in [0.25, 0.3) is 0 Å². The normalized spacial score (nSPS) is 9.14. The summed E-state index contributed by atoms with van der Waals surface area (Å²) >= 11 is 3.25. The van der Waals surface area contributed by atoms with Gasteiger partial charge in [0.2, 0.25) is 5.91 Å². The first-order chi connectivity index (χ1) is 6.72. The number of pyridine rings is 1. The predicted molar refractivity (Wildman–Crippen MR) is 58.6 cm³/mol. The SMILES string of the molecule is C#CCCC(=O)Nc1ccc(Br)cn1. The molecule has 0 spiro atoms. The van der Waals surface area contributed by atoms with Gasteiger partial charge in [0.25, 0.3) is 0 Å². The molecule has 1 heterocycles. The van der Waals surface area contributed by atoms with Crippen molar-refractivity contribution < 1.29 is 4.79 Å². The molecule has 0 aliphatic carbocycles. The van der Waals surface area contributed by atoms with E-state index in [9.17, 15) is 4.79 Å². The lowest BCUT2D eigenvalue weighted by molar-refractivity contribution is -0.116. The summed E-state index contributed by atoms with van der Waals surface area (Å²) in [6.45, 7) is 0. The van der Waals surface area contributed by atoms with E-state index >= 15 is 0 Å². The number of rotatable bonds is 3. The van der Waals surface area contributed by atoms with Gasteiger partial charge in [-0.15, -0.1) is 12.3 Å². The molecule has 14 heavy (non-hydrogen) atoms. The maximum absolute atomic E-state index is 11.2. The van der Waals surface area contributed by atoms with Crippen molar-refractivity contribution in [3.05, 3.63) is 22.8 Å². The molecule has 0 bridgehead atoms. The van der Waals surface area contributed by atoms with E-state index in [1.54, 1.807) is 12.3 Å². The summed E-state index contributed by atoms with van der Waals surface area (Å²) in [6.07, 6.45) is 7.43. The zero-order chi connectivity index (χ0) is 10.4. The second kappa shape index (κ2) is 5.40. The molecule has 1 aromatic heterocycles. The van der Waals surface area contributed by atoms with Crippen LogP contribution in [0.1, 0.15) is 12.8 Å². The Labute approximate surface area is 91.1 Å². The molecule has 1 amide bonds. The number of carbonyl (C=O) groups excluding carboxylic acids is 1. The fourth-order valence-corrected chi connectivity index (χ4v) is 1.08. The highest BCUT2D eigenvalue weighted by Gasteiger charge is 2.01. The molecule has 0 radical (unpaired) electrons. The summed E-state index contributed by atoms with van der Waals surface area (Å²) in [5, 5.41) is 2.64. The molecule has 4 heteroatoms. The summed E-state index contributed by atoms with van der Waals surface area (Å²) in [5.41, 5.74) is 0. The molecule has 1 rings (SSSR count). The average molecular weight is 253 g/mol. The quantitative estimate of drug-likeness (QED) is 0.839. The van der Waals surface area contributed by atoms with Gasteiger partial charge in [0, 0.05) is 23.5 Å².